The molecule has 1 saturated heterocycles. The maximum absolute atomic E-state index is 12.9. The number of hydrogen-bond acceptors (Lipinski definition) is 5. The number of carbonyl (C=O) groups excluding carboxylic acids is 2. The van der Waals surface area contributed by atoms with Gasteiger partial charge in [-0.2, -0.15) is 13.2 Å². The molecule has 0 radical (unpaired) electrons. The number of aliphatic hydroxyl groups excluding tert-OH is 1. The van der Waals surface area contributed by atoms with Gasteiger partial charge in [0, 0.05) is 29.7 Å². The van der Waals surface area contributed by atoms with Gasteiger partial charge >= 0.3 is 6.18 Å². The Balaban J connectivity index is 1.25. The summed E-state index contributed by atoms with van der Waals surface area (Å²) < 4.78 is 38.6. The average Bonchev–Trinajstić information content (AvgIpc) is 3.22. The standard InChI is InChI=1S/C26H29ClF3N3O4/c27-19-6-4-17(5-7-19)25(37)10-8-20(9-11-25)33-14-21(22(34)15-33)32-23(35)13-31-24(36)16-2-1-3-18(12-16)26(28,29)30/h1-7,12,20-22,34,37H,8-11,13-15H2,(H,31,36)(H,32,35)/t20?,21-,22+,25?/m0/s1. The lowest BCUT2D eigenvalue weighted by Crippen LogP contribution is -2.47. The first-order valence-electron chi connectivity index (χ1n) is 12.1. The molecule has 0 unspecified atom stereocenters. The van der Waals surface area contributed by atoms with Crippen LogP contribution in [0.5, 0.6) is 0 Å². The summed E-state index contributed by atoms with van der Waals surface area (Å²) in [5.41, 5.74) is -1.25. The molecule has 2 fully saturated rings. The van der Waals surface area contributed by atoms with Crippen LogP contribution in [0.4, 0.5) is 13.2 Å². The lowest BCUT2D eigenvalue weighted by molar-refractivity contribution is -0.137. The van der Waals surface area contributed by atoms with Crippen LogP contribution in [0.2, 0.25) is 5.02 Å². The quantitative estimate of drug-likeness (QED) is 0.452. The molecule has 7 nitrogen and oxygen atoms in total. The molecule has 1 aliphatic carbocycles. The van der Waals surface area contributed by atoms with Gasteiger partial charge in [-0.3, -0.25) is 14.5 Å². The maximum atomic E-state index is 12.9. The van der Waals surface area contributed by atoms with Crippen LogP contribution in [-0.2, 0) is 16.6 Å². The van der Waals surface area contributed by atoms with E-state index in [9.17, 15) is 33.0 Å². The molecule has 200 valence electrons. The minimum atomic E-state index is -4.58. The van der Waals surface area contributed by atoms with Crippen LogP contribution in [0.3, 0.4) is 0 Å². The van der Waals surface area contributed by atoms with E-state index < -0.39 is 47.8 Å². The summed E-state index contributed by atoms with van der Waals surface area (Å²) in [6.45, 7) is 0.347. The van der Waals surface area contributed by atoms with Crippen molar-refractivity contribution in [2.75, 3.05) is 19.6 Å². The van der Waals surface area contributed by atoms with Crippen molar-refractivity contribution in [2.24, 2.45) is 0 Å². The number of likely N-dealkylation sites (tertiary alicyclic amines) is 1. The van der Waals surface area contributed by atoms with Gasteiger partial charge in [-0.15, -0.1) is 0 Å². The highest BCUT2D eigenvalue weighted by atomic mass is 35.5. The first-order chi connectivity index (χ1) is 17.4. The molecule has 2 aromatic rings. The zero-order chi connectivity index (χ0) is 26.8. The number of nitrogens with zero attached hydrogens (tertiary/aromatic N) is 1. The van der Waals surface area contributed by atoms with Crippen LogP contribution in [-0.4, -0.2) is 64.7 Å². The second-order valence-corrected chi connectivity index (χ2v) is 10.2. The summed E-state index contributed by atoms with van der Waals surface area (Å²) in [5.74, 6) is -1.35. The zero-order valence-electron chi connectivity index (χ0n) is 20.0. The average molecular weight is 540 g/mol. The molecular formula is C26H29ClF3N3O4. The van der Waals surface area contributed by atoms with Crippen LogP contribution < -0.4 is 10.6 Å². The fraction of sp³-hybridized carbons (Fsp3) is 0.462. The molecule has 4 N–H and O–H groups in total. The van der Waals surface area contributed by atoms with Crippen LogP contribution in [0.25, 0.3) is 0 Å². The Kier molecular flexibility index (Phi) is 8.13. The summed E-state index contributed by atoms with van der Waals surface area (Å²) in [6.07, 6.45) is -2.82. The number of aliphatic hydroxyl groups is 2. The topological polar surface area (TPSA) is 102 Å². The van der Waals surface area contributed by atoms with Crippen molar-refractivity contribution in [1.82, 2.24) is 15.5 Å². The van der Waals surface area contributed by atoms with Crippen molar-refractivity contribution < 1.29 is 33.0 Å². The number of nitrogens with one attached hydrogen (secondary N) is 2. The third kappa shape index (κ3) is 6.62. The molecule has 37 heavy (non-hydrogen) atoms. The Hall–Kier alpha value is -2.66. The normalized spacial score (nSPS) is 26.6. The van der Waals surface area contributed by atoms with E-state index in [-0.39, 0.29) is 11.6 Å². The molecule has 0 aromatic heterocycles. The minimum absolute atomic E-state index is 0.143. The largest absolute Gasteiger partial charge is 0.416 e. The molecular weight excluding hydrogens is 511 g/mol. The Morgan fingerprint density at radius 3 is 2.41 bits per heavy atom. The Labute approximate surface area is 217 Å². The van der Waals surface area contributed by atoms with Gasteiger partial charge in [-0.25, -0.2) is 0 Å². The van der Waals surface area contributed by atoms with Crippen molar-refractivity contribution in [3.63, 3.8) is 0 Å². The minimum Gasteiger partial charge on any atom is -0.390 e. The van der Waals surface area contributed by atoms with E-state index in [2.05, 4.69) is 15.5 Å². The third-order valence-electron chi connectivity index (χ3n) is 7.21. The second kappa shape index (κ2) is 11.0. The van der Waals surface area contributed by atoms with Gasteiger partial charge in [0.2, 0.25) is 5.91 Å². The van der Waals surface area contributed by atoms with Crippen LogP contribution in [0.15, 0.2) is 48.5 Å². The van der Waals surface area contributed by atoms with Gasteiger partial charge < -0.3 is 20.8 Å². The fourth-order valence-electron chi connectivity index (χ4n) is 5.11. The van der Waals surface area contributed by atoms with E-state index in [0.717, 1.165) is 36.6 Å². The van der Waals surface area contributed by atoms with Gasteiger partial charge in [0.15, 0.2) is 0 Å². The smallest absolute Gasteiger partial charge is 0.390 e. The zero-order valence-corrected chi connectivity index (χ0v) is 20.7. The number of halogens is 4. The molecule has 2 aromatic carbocycles. The van der Waals surface area contributed by atoms with E-state index in [4.69, 9.17) is 11.6 Å². The van der Waals surface area contributed by atoms with Crippen molar-refractivity contribution in [3.8, 4) is 0 Å². The molecule has 0 spiro atoms. The molecule has 2 atom stereocenters. The molecule has 2 aliphatic rings. The van der Waals surface area contributed by atoms with Crippen molar-refractivity contribution in [1.29, 1.82) is 0 Å². The SMILES string of the molecule is O=C(CNC(=O)c1cccc(C(F)(F)F)c1)N[C@H]1CN(C2CCC(O)(c3ccc(Cl)cc3)CC2)C[C@H]1O. The molecule has 1 heterocycles. The predicted octanol–water partition coefficient (Wildman–Crippen LogP) is 3.08. The highest BCUT2D eigenvalue weighted by Crippen LogP contribution is 2.39. The second-order valence-electron chi connectivity index (χ2n) is 9.73. The first-order valence-corrected chi connectivity index (χ1v) is 12.5. The number of β-amino-alcohol motifs (C(OH)–C–C–N with tert-alkyl or cyclic N) is 1. The predicted molar refractivity (Wildman–Crippen MR) is 131 cm³/mol. The molecule has 2 amide bonds. The van der Waals surface area contributed by atoms with E-state index in [1.807, 2.05) is 12.1 Å². The Morgan fingerprint density at radius 2 is 1.76 bits per heavy atom. The number of carbonyl (C=O) groups is 2. The third-order valence-corrected chi connectivity index (χ3v) is 7.46. The highest BCUT2D eigenvalue weighted by Gasteiger charge is 2.41. The molecule has 1 aliphatic heterocycles. The fourth-order valence-corrected chi connectivity index (χ4v) is 5.23. The molecule has 11 heteroatoms. The van der Waals surface area contributed by atoms with Gasteiger partial charge in [0.05, 0.1) is 29.9 Å². The van der Waals surface area contributed by atoms with Crippen molar-refractivity contribution in [3.05, 3.63) is 70.2 Å². The van der Waals surface area contributed by atoms with Crippen LogP contribution >= 0.6 is 11.6 Å². The summed E-state index contributed by atoms with van der Waals surface area (Å²) in [7, 11) is 0. The summed E-state index contributed by atoms with van der Waals surface area (Å²) in [6, 6.07) is 10.7. The van der Waals surface area contributed by atoms with Gasteiger partial charge in [-0.1, -0.05) is 29.8 Å². The van der Waals surface area contributed by atoms with Gasteiger partial charge in [0.1, 0.15) is 0 Å². The van der Waals surface area contributed by atoms with Crippen molar-refractivity contribution >= 4 is 23.4 Å². The molecule has 0 bridgehead atoms. The van der Waals surface area contributed by atoms with Gasteiger partial charge in [-0.05, 0) is 61.6 Å². The monoisotopic (exact) mass is 539 g/mol. The highest BCUT2D eigenvalue weighted by molar-refractivity contribution is 6.30. The summed E-state index contributed by atoms with van der Waals surface area (Å²) >= 11 is 5.95. The summed E-state index contributed by atoms with van der Waals surface area (Å²) in [4.78, 5) is 26.7. The Bertz CT molecular complexity index is 1120. The number of alkyl halides is 3. The molecule has 1 saturated carbocycles. The van der Waals surface area contributed by atoms with Crippen LogP contribution in [0, 0.1) is 0 Å². The van der Waals surface area contributed by atoms with E-state index >= 15 is 0 Å². The number of rotatable bonds is 6. The van der Waals surface area contributed by atoms with E-state index in [1.165, 1.54) is 6.07 Å². The van der Waals surface area contributed by atoms with E-state index in [0.29, 0.717) is 31.0 Å². The Morgan fingerprint density at radius 1 is 1.08 bits per heavy atom. The molecule has 4 rings (SSSR count). The van der Waals surface area contributed by atoms with E-state index in [1.54, 1.807) is 12.1 Å². The maximum Gasteiger partial charge on any atom is 0.416 e. The summed E-state index contributed by atoms with van der Waals surface area (Å²) in [5, 5.41) is 27.2. The number of hydrogen-bond donors (Lipinski definition) is 4. The van der Waals surface area contributed by atoms with Crippen molar-refractivity contribution in [2.45, 2.75) is 55.6 Å². The lowest BCUT2D eigenvalue weighted by atomic mass is 9.77. The van der Waals surface area contributed by atoms with Gasteiger partial charge in [0.25, 0.3) is 5.91 Å². The lowest BCUT2D eigenvalue weighted by Gasteiger charge is -2.40. The first kappa shape index (κ1) is 27.4. The van der Waals surface area contributed by atoms with Crippen LogP contribution in [0.1, 0.15) is 47.2 Å². The number of benzene rings is 2. The number of amides is 2.